The van der Waals surface area contributed by atoms with E-state index < -0.39 is 30.5 Å². The van der Waals surface area contributed by atoms with Gasteiger partial charge in [-0.15, -0.1) is 0 Å². The highest BCUT2D eigenvalue weighted by atomic mass is 19.1. The van der Waals surface area contributed by atoms with E-state index in [1.54, 1.807) is 5.32 Å². The summed E-state index contributed by atoms with van der Waals surface area (Å²) >= 11 is 0. The zero-order valence-electron chi connectivity index (χ0n) is 7.37. The first-order chi connectivity index (χ1) is 6.91. The third-order valence-electron chi connectivity index (χ3n) is 1.61. The summed E-state index contributed by atoms with van der Waals surface area (Å²) in [5, 5.41) is 19.0. The zero-order valence-corrected chi connectivity index (χ0v) is 7.37. The minimum absolute atomic E-state index is 0.361. The van der Waals surface area contributed by atoms with Gasteiger partial charge in [-0.25, -0.2) is 13.6 Å². The molecule has 0 heterocycles. The van der Waals surface area contributed by atoms with Gasteiger partial charge < -0.3 is 21.1 Å². The van der Waals surface area contributed by atoms with Crippen LogP contribution in [0.5, 0.6) is 0 Å². The molecule has 1 rings (SSSR count). The van der Waals surface area contributed by atoms with Crippen LogP contribution >= 0.6 is 0 Å². The van der Waals surface area contributed by atoms with Gasteiger partial charge in [-0.3, -0.25) is 0 Å². The number of carbonyl (C=O) groups is 1. The van der Waals surface area contributed by atoms with Crippen molar-refractivity contribution in [2.45, 2.75) is 0 Å². The van der Waals surface area contributed by atoms with Crippen LogP contribution in [0.25, 0.3) is 0 Å². The van der Waals surface area contributed by atoms with Crippen molar-refractivity contribution in [3.63, 3.8) is 0 Å². The van der Waals surface area contributed by atoms with E-state index >= 15 is 0 Å². The van der Waals surface area contributed by atoms with Crippen LogP contribution in [0.3, 0.4) is 0 Å². The van der Waals surface area contributed by atoms with Crippen molar-refractivity contribution >= 4 is 24.3 Å². The molecule has 5 N–H and O–H groups in total. The zero-order chi connectivity index (χ0) is 11.6. The van der Waals surface area contributed by atoms with Gasteiger partial charge in [0.15, 0.2) is 0 Å². The van der Waals surface area contributed by atoms with E-state index in [-0.39, 0.29) is 5.46 Å². The fraction of sp³-hybridized carbons (Fsp3) is 0. The van der Waals surface area contributed by atoms with Crippen molar-refractivity contribution < 1.29 is 23.6 Å². The number of amides is 2. The Kier molecular flexibility index (Phi) is 3.22. The number of anilines is 1. The van der Waals surface area contributed by atoms with Crippen molar-refractivity contribution in [3.05, 3.63) is 23.8 Å². The van der Waals surface area contributed by atoms with Crippen LogP contribution in [0.15, 0.2) is 12.1 Å². The first kappa shape index (κ1) is 11.4. The Labute approximate surface area is 83.7 Å². The number of nitrogens with one attached hydrogen (secondary N) is 1. The Morgan fingerprint density at radius 1 is 1.33 bits per heavy atom. The third-order valence-corrected chi connectivity index (χ3v) is 1.61. The number of carbonyl (C=O) groups excluding carboxylic acids is 1. The first-order valence-electron chi connectivity index (χ1n) is 3.83. The van der Waals surface area contributed by atoms with Gasteiger partial charge in [-0.05, 0) is 17.6 Å². The average Bonchev–Trinajstić information content (AvgIpc) is 2.10. The minimum atomic E-state index is -1.99. The van der Waals surface area contributed by atoms with Gasteiger partial charge in [0.1, 0.15) is 17.3 Å². The molecule has 0 aliphatic carbocycles. The molecule has 0 aliphatic rings. The largest absolute Gasteiger partial charge is 0.488 e. The number of nitrogens with two attached hydrogens (primary N) is 1. The summed E-state index contributed by atoms with van der Waals surface area (Å²) in [6, 6.07) is 0.239. The van der Waals surface area contributed by atoms with Gasteiger partial charge in [0.25, 0.3) is 0 Å². The number of hydrogen-bond acceptors (Lipinski definition) is 3. The van der Waals surface area contributed by atoms with Gasteiger partial charge in [0.2, 0.25) is 0 Å². The second-order valence-corrected chi connectivity index (χ2v) is 2.72. The summed E-state index contributed by atoms with van der Waals surface area (Å²) in [6.45, 7) is 0. The Bertz CT molecular complexity index is 377. The monoisotopic (exact) mass is 216 g/mol. The highest BCUT2D eigenvalue weighted by molar-refractivity contribution is 6.58. The quantitative estimate of drug-likeness (QED) is 0.484. The molecule has 2 amide bonds. The number of rotatable bonds is 2. The van der Waals surface area contributed by atoms with E-state index in [1.807, 2.05) is 0 Å². The lowest BCUT2D eigenvalue weighted by atomic mass is 9.80. The molecule has 5 nitrogen and oxygen atoms in total. The lowest BCUT2D eigenvalue weighted by molar-refractivity contribution is 0.259. The summed E-state index contributed by atoms with van der Waals surface area (Å²) in [5.74, 6) is -2.28. The molecular formula is C7H7BF2N2O3. The van der Waals surface area contributed by atoms with Crippen LogP contribution in [0, 0.1) is 11.6 Å². The van der Waals surface area contributed by atoms with Crippen LogP contribution in [-0.2, 0) is 0 Å². The maximum atomic E-state index is 13.1. The van der Waals surface area contributed by atoms with E-state index in [0.717, 1.165) is 0 Å². The summed E-state index contributed by atoms with van der Waals surface area (Å²) in [5.41, 5.74) is 3.59. The highest BCUT2D eigenvalue weighted by Crippen LogP contribution is 2.16. The van der Waals surface area contributed by atoms with Gasteiger partial charge in [-0.2, -0.15) is 0 Å². The van der Waals surface area contributed by atoms with E-state index in [2.05, 4.69) is 5.73 Å². The van der Waals surface area contributed by atoms with E-state index in [9.17, 15) is 13.6 Å². The van der Waals surface area contributed by atoms with Crippen LogP contribution < -0.4 is 16.5 Å². The van der Waals surface area contributed by atoms with Crippen LogP contribution in [0.2, 0.25) is 0 Å². The number of benzene rings is 1. The first-order valence-corrected chi connectivity index (χ1v) is 3.83. The molecule has 1 aromatic carbocycles. The maximum absolute atomic E-state index is 13.1. The third kappa shape index (κ3) is 2.64. The lowest BCUT2D eigenvalue weighted by Gasteiger charge is -2.07. The average molecular weight is 216 g/mol. The number of halogens is 2. The van der Waals surface area contributed by atoms with E-state index in [0.29, 0.717) is 12.1 Å². The predicted octanol–water partition coefficient (Wildman–Crippen LogP) is -0.865. The predicted molar refractivity (Wildman–Crippen MR) is 49.4 cm³/mol. The van der Waals surface area contributed by atoms with Crippen LogP contribution in [0.4, 0.5) is 19.3 Å². The Morgan fingerprint density at radius 3 is 2.13 bits per heavy atom. The summed E-state index contributed by atoms with van der Waals surface area (Å²) < 4.78 is 26.2. The summed E-state index contributed by atoms with van der Waals surface area (Å²) in [6.07, 6.45) is 0. The number of primary amides is 1. The second-order valence-electron chi connectivity index (χ2n) is 2.72. The topological polar surface area (TPSA) is 95.6 Å². The van der Waals surface area contributed by atoms with Gasteiger partial charge >= 0.3 is 13.1 Å². The molecule has 0 bridgehead atoms. The molecule has 0 radical (unpaired) electrons. The van der Waals surface area contributed by atoms with E-state index in [4.69, 9.17) is 10.0 Å². The number of hydrogen-bond donors (Lipinski definition) is 4. The molecule has 0 saturated carbocycles. The molecule has 80 valence electrons. The van der Waals surface area contributed by atoms with E-state index in [1.165, 1.54) is 0 Å². The standard InChI is InChI=1S/C7H7BF2N2O3/c9-4-1-3(8(14)15)2-5(10)6(4)12-7(11)13/h1-2,14-15H,(H3,11,12,13). The maximum Gasteiger partial charge on any atom is 0.488 e. The highest BCUT2D eigenvalue weighted by Gasteiger charge is 2.18. The fourth-order valence-electron chi connectivity index (χ4n) is 0.984. The fourth-order valence-corrected chi connectivity index (χ4v) is 0.984. The smallest absolute Gasteiger partial charge is 0.423 e. The second kappa shape index (κ2) is 4.24. The molecule has 0 atom stereocenters. The molecular weight excluding hydrogens is 209 g/mol. The Balaban J connectivity index is 3.15. The molecule has 0 unspecified atom stereocenters. The Hall–Kier alpha value is -1.67. The van der Waals surface area contributed by atoms with Gasteiger partial charge in [0.05, 0.1) is 0 Å². The Morgan fingerprint density at radius 2 is 1.80 bits per heavy atom. The lowest BCUT2D eigenvalue weighted by Crippen LogP contribution is -2.31. The SMILES string of the molecule is NC(=O)Nc1c(F)cc(B(O)O)cc1F. The summed E-state index contributed by atoms with van der Waals surface area (Å²) in [4.78, 5) is 10.4. The molecule has 0 aromatic heterocycles. The van der Waals surface area contributed by atoms with Gasteiger partial charge in [-0.1, -0.05) is 0 Å². The van der Waals surface area contributed by atoms with Crippen molar-refractivity contribution in [2.75, 3.05) is 5.32 Å². The van der Waals surface area contributed by atoms with Gasteiger partial charge in [0, 0.05) is 0 Å². The molecule has 0 saturated heterocycles. The minimum Gasteiger partial charge on any atom is -0.423 e. The number of urea groups is 1. The molecule has 1 aromatic rings. The molecule has 0 fully saturated rings. The van der Waals surface area contributed by atoms with Crippen molar-refractivity contribution in [2.24, 2.45) is 5.73 Å². The summed E-state index contributed by atoms with van der Waals surface area (Å²) in [7, 11) is -1.99. The molecule has 15 heavy (non-hydrogen) atoms. The van der Waals surface area contributed by atoms with Crippen LogP contribution in [-0.4, -0.2) is 23.2 Å². The normalized spacial score (nSPS) is 9.87. The molecule has 0 aliphatic heterocycles. The van der Waals surface area contributed by atoms with Crippen LogP contribution in [0.1, 0.15) is 0 Å². The van der Waals surface area contributed by atoms with Crippen molar-refractivity contribution in [1.29, 1.82) is 0 Å². The molecule has 8 heteroatoms. The van der Waals surface area contributed by atoms with Crippen molar-refractivity contribution in [1.82, 2.24) is 0 Å². The van der Waals surface area contributed by atoms with Crippen molar-refractivity contribution in [3.8, 4) is 0 Å². The molecule has 0 spiro atoms.